The minimum Gasteiger partial charge on any atom is -0.343 e. The Labute approximate surface area is 187 Å². The van der Waals surface area contributed by atoms with E-state index in [4.69, 9.17) is 0 Å². The van der Waals surface area contributed by atoms with Gasteiger partial charge in [0, 0.05) is 52.2 Å². The summed E-state index contributed by atoms with van der Waals surface area (Å²) < 4.78 is 0. The highest BCUT2D eigenvalue weighted by Crippen LogP contribution is 2.23. The molecule has 0 saturated carbocycles. The van der Waals surface area contributed by atoms with Crippen LogP contribution in [0.25, 0.3) is 0 Å². The number of hydrogen-bond donors (Lipinski definition) is 0. The molecule has 2 heterocycles. The van der Waals surface area contributed by atoms with Crippen LogP contribution >= 0.6 is 0 Å². The van der Waals surface area contributed by atoms with Crippen molar-refractivity contribution in [2.24, 2.45) is 5.92 Å². The molecule has 166 valence electrons. The van der Waals surface area contributed by atoms with E-state index in [1.165, 1.54) is 42.9 Å². The predicted octanol–water partition coefficient (Wildman–Crippen LogP) is 3.85. The normalized spacial score (nSPS) is 18.9. The Morgan fingerprint density at radius 2 is 1.45 bits per heavy atom. The largest absolute Gasteiger partial charge is 0.343 e. The van der Waals surface area contributed by atoms with Crippen LogP contribution in [0.15, 0.2) is 54.6 Å². The van der Waals surface area contributed by atoms with Gasteiger partial charge in [0.25, 0.3) is 0 Å². The van der Waals surface area contributed by atoms with Crippen molar-refractivity contribution in [2.75, 3.05) is 46.3 Å². The first-order valence-electron chi connectivity index (χ1n) is 12.0. The molecule has 4 nitrogen and oxygen atoms in total. The third kappa shape index (κ3) is 6.65. The Bertz CT molecular complexity index is 804. The lowest BCUT2D eigenvalue weighted by molar-refractivity contribution is -0.132. The molecular weight excluding hydrogens is 382 g/mol. The molecule has 0 bridgehead atoms. The summed E-state index contributed by atoms with van der Waals surface area (Å²) in [6, 6.07) is 19.6. The van der Waals surface area contributed by atoms with Crippen molar-refractivity contribution in [1.29, 1.82) is 0 Å². The first-order chi connectivity index (χ1) is 15.2. The van der Waals surface area contributed by atoms with Gasteiger partial charge in [-0.15, -0.1) is 0 Å². The molecule has 4 heteroatoms. The van der Waals surface area contributed by atoms with Gasteiger partial charge in [0.1, 0.15) is 0 Å². The molecule has 4 rings (SSSR count). The van der Waals surface area contributed by atoms with Gasteiger partial charge in [0.05, 0.1) is 0 Å². The van der Waals surface area contributed by atoms with Crippen LogP contribution in [0.5, 0.6) is 0 Å². The lowest BCUT2D eigenvalue weighted by atomic mass is 9.89. The molecule has 2 saturated heterocycles. The molecule has 0 aliphatic carbocycles. The van der Waals surface area contributed by atoms with Gasteiger partial charge in [0.2, 0.25) is 5.91 Å². The zero-order valence-electron chi connectivity index (χ0n) is 19.0. The first kappa shape index (κ1) is 22.0. The second-order valence-electron chi connectivity index (χ2n) is 9.41. The van der Waals surface area contributed by atoms with Crippen LogP contribution in [-0.4, -0.2) is 66.9 Å². The molecule has 0 spiro atoms. The maximum absolute atomic E-state index is 12.6. The van der Waals surface area contributed by atoms with Crippen LogP contribution in [0.3, 0.4) is 0 Å². The molecule has 0 unspecified atom stereocenters. The molecule has 2 aliphatic rings. The summed E-state index contributed by atoms with van der Waals surface area (Å²) in [6.45, 7) is 7.58. The van der Waals surface area contributed by atoms with E-state index in [-0.39, 0.29) is 0 Å². The average molecular weight is 420 g/mol. The lowest BCUT2D eigenvalue weighted by Crippen LogP contribution is -2.43. The molecule has 0 atom stereocenters. The zero-order valence-corrected chi connectivity index (χ0v) is 19.0. The van der Waals surface area contributed by atoms with Crippen LogP contribution in [0.1, 0.15) is 36.0 Å². The van der Waals surface area contributed by atoms with Crippen molar-refractivity contribution in [3.05, 3.63) is 71.3 Å². The molecule has 0 N–H and O–H groups in total. The number of carbonyl (C=O) groups is 1. The van der Waals surface area contributed by atoms with Crippen LogP contribution in [0, 0.1) is 5.92 Å². The van der Waals surface area contributed by atoms with E-state index >= 15 is 0 Å². The van der Waals surface area contributed by atoms with Crippen molar-refractivity contribution in [1.82, 2.24) is 14.7 Å². The topological polar surface area (TPSA) is 26.8 Å². The number of rotatable bonds is 7. The first-order valence-corrected chi connectivity index (χ1v) is 12.0. The monoisotopic (exact) mass is 419 g/mol. The summed E-state index contributed by atoms with van der Waals surface area (Å²) in [7, 11) is 2.21. The molecule has 0 aromatic heterocycles. The Morgan fingerprint density at radius 1 is 0.806 bits per heavy atom. The Morgan fingerprint density at radius 3 is 2.13 bits per heavy atom. The van der Waals surface area contributed by atoms with E-state index in [2.05, 4.69) is 58.1 Å². The van der Waals surface area contributed by atoms with Gasteiger partial charge < -0.3 is 9.80 Å². The number of hydrogen-bond acceptors (Lipinski definition) is 3. The highest BCUT2D eigenvalue weighted by molar-refractivity contribution is 5.76. The van der Waals surface area contributed by atoms with Crippen LogP contribution in [-0.2, 0) is 24.2 Å². The maximum atomic E-state index is 12.6. The number of amides is 1. The molecule has 2 aromatic rings. The van der Waals surface area contributed by atoms with E-state index in [1.807, 2.05) is 18.2 Å². The molecule has 31 heavy (non-hydrogen) atoms. The minimum absolute atomic E-state index is 0.315. The Hall–Kier alpha value is -2.17. The van der Waals surface area contributed by atoms with E-state index < -0.39 is 0 Å². The summed E-state index contributed by atoms with van der Waals surface area (Å²) in [5.74, 6) is 1.01. The summed E-state index contributed by atoms with van der Waals surface area (Å²) in [4.78, 5) is 19.6. The molecule has 0 radical (unpaired) electrons. The molecule has 2 aromatic carbocycles. The van der Waals surface area contributed by atoms with Crippen molar-refractivity contribution < 1.29 is 4.79 Å². The zero-order chi connectivity index (χ0) is 21.5. The standard InChI is InChI=1S/C27H37N3O/c1-28-17-19-29(20-18-28)22-26-9-7-24(8-10-26)21-25-13-15-30(16-14-25)27(31)12-11-23-5-3-2-4-6-23/h2-10,25H,11-22H2,1H3. The molecule has 1 amide bonds. The predicted molar refractivity (Wildman–Crippen MR) is 127 cm³/mol. The Balaban J connectivity index is 1.18. The van der Waals surface area contributed by atoms with Crippen molar-refractivity contribution in [3.8, 4) is 0 Å². The van der Waals surface area contributed by atoms with Gasteiger partial charge in [-0.1, -0.05) is 54.6 Å². The quantitative estimate of drug-likeness (QED) is 0.682. The summed E-state index contributed by atoms with van der Waals surface area (Å²) in [6.07, 6.45) is 4.87. The van der Waals surface area contributed by atoms with E-state index in [9.17, 15) is 4.79 Å². The lowest BCUT2D eigenvalue weighted by Gasteiger charge is -2.32. The second-order valence-corrected chi connectivity index (χ2v) is 9.41. The average Bonchev–Trinajstić information content (AvgIpc) is 2.81. The fraction of sp³-hybridized carbons (Fsp3) is 0.519. The number of likely N-dealkylation sites (tertiary alicyclic amines) is 1. The molecular formula is C27H37N3O. The molecule has 2 fully saturated rings. The van der Waals surface area contributed by atoms with E-state index in [0.717, 1.165) is 45.3 Å². The van der Waals surface area contributed by atoms with Crippen molar-refractivity contribution in [2.45, 2.75) is 38.6 Å². The highest BCUT2D eigenvalue weighted by Gasteiger charge is 2.22. The summed E-state index contributed by atoms with van der Waals surface area (Å²) >= 11 is 0. The number of carbonyl (C=O) groups excluding carboxylic acids is 1. The van der Waals surface area contributed by atoms with Crippen LogP contribution in [0.4, 0.5) is 0 Å². The number of benzene rings is 2. The van der Waals surface area contributed by atoms with Crippen LogP contribution in [0.2, 0.25) is 0 Å². The number of aryl methyl sites for hydroxylation is 1. The SMILES string of the molecule is CN1CCN(Cc2ccc(CC3CCN(C(=O)CCc4ccccc4)CC3)cc2)CC1. The van der Waals surface area contributed by atoms with Gasteiger partial charge in [-0.3, -0.25) is 9.69 Å². The van der Waals surface area contributed by atoms with Gasteiger partial charge >= 0.3 is 0 Å². The summed E-state index contributed by atoms with van der Waals surface area (Å²) in [5, 5.41) is 0. The third-order valence-electron chi connectivity index (χ3n) is 6.99. The maximum Gasteiger partial charge on any atom is 0.222 e. The smallest absolute Gasteiger partial charge is 0.222 e. The number of nitrogens with zero attached hydrogens (tertiary/aromatic N) is 3. The number of likely N-dealkylation sites (N-methyl/N-ethyl adjacent to an activating group) is 1. The summed E-state index contributed by atoms with van der Waals surface area (Å²) in [5.41, 5.74) is 4.12. The molecule has 2 aliphatic heterocycles. The highest BCUT2D eigenvalue weighted by atomic mass is 16.2. The second kappa shape index (κ2) is 10.9. The van der Waals surface area contributed by atoms with Crippen molar-refractivity contribution >= 4 is 5.91 Å². The number of piperidine rings is 1. The third-order valence-corrected chi connectivity index (χ3v) is 6.99. The fourth-order valence-electron chi connectivity index (χ4n) is 4.82. The van der Waals surface area contributed by atoms with Crippen molar-refractivity contribution in [3.63, 3.8) is 0 Å². The van der Waals surface area contributed by atoms with E-state index in [1.54, 1.807) is 0 Å². The van der Waals surface area contributed by atoms with Gasteiger partial charge in [0.15, 0.2) is 0 Å². The van der Waals surface area contributed by atoms with Gasteiger partial charge in [-0.2, -0.15) is 0 Å². The van der Waals surface area contributed by atoms with Gasteiger partial charge in [-0.25, -0.2) is 0 Å². The fourth-order valence-corrected chi connectivity index (χ4v) is 4.82. The van der Waals surface area contributed by atoms with E-state index in [0.29, 0.717) is 18.2 Å². The van der Waals surface area contributed by atoms with Crippen LogP contribution < -0.4 is 0 Å². The van der Waals surface area contributed by atoms with Gasteiger partial charge in [-0.05, 0) is 55.3 Å². The number of piperazine rings is 1. The minimum atomic E-state index is 0.315. The Kier molecular flexibility index (Phi) is 7.76.